The van der Waals surface area contributed by atoms with Gasteiger partial charge in [-0.2, -0.15) is 4.98 Å². The Hall–Kier alpha value is -3.09. The third-order valence-corrected chi connectivity index (χ3v) is 4.70. The van der Waals surface area contributed by atoms with Crippen LogP contribution in [0.25, 0.3) is 11.4 Å². The summed E-state index contributed by atoms with van der Waals surface area (Å²) in [6, 6.07) is 11.3. The lowest BCUT2D eigenvalue weighted by Crippen LogP contribution is -2.39. The normalized spacial score (nSPS) is 17.1. The first-order valence-electron chi connectivity index (χ1n) is 8.78. The van der Waals surface area contributed by atoms with Gasteiger partial charge in [0.1, 0.15) is 17.7 Å². The Morgan fingerprint density at radius 2 is 1.85 bits per heavy atom. The van der Waals surface area contributed by atoms with Crippen molar-refractivity contribution in [2.24, 2.45) is 0 Å². The molecule has 3 aromatic rings. The van der Waals surface area contributed by atoms with Crippen molar-refractivity contribution in [1.82, 2.24) is 15.0 Å². The summed E-state index contributed by atoms with van der Waals surface area (Å²) in [5, 5.41) is 3.95. The smallest absolute Gasteiger partial charge is 0.257 e. The van der Waals surface area contributed by atoms with Gasteiger partial charge in [0.05, 0.1) is 5.56 Å². The summed E-state index contributed by atoms with van der Waals surface area (Å²) < 4.78 is 32.5. The fourth-order valence-corrected chi connectivity index (χ4v) is 3.31. The number of aromatic nitrogens is 2. The maximum atomic E-state index is 14.1. The van der Waals surface area contributed by atoms with E-state index in [4.69, 9.17) is 4.52 Å². The maximum absolute atomic E-state index is 14.1. The van der Waals surface area contributed by atoms with Gasteiger partial charge in [0.2, 0.25) is 11.7 Å². The number of piperidine rings is 1. The average molecular weight is 369 g/mol. The maximum Gasteiger partial charge on any atom is 0.257 e. The molecule has 1 atom stereocenters. The van der Waals surface area contributed by atoms with Gasteiger partial charge in [0.25, 0.3) is 5.91 Å². The highest BCUT2D eigenvalue weighted by molar-refractivity contribution is 5.94. The summed E-state index contributed by atoms with van der Waals surface area (Å²) >= 11 is 0. The summed E-state index contributed by atoms with van der Waals surface area (Å²) in [5.41, 5.74) is 0.650. The zero-order valence-electron chi connectivity index (χ0n) is 14.4. The Bertz CT molecular complexity index is 956. The van der Waals surface area contributed by atoms with Gasteiger partial charge in [-0.1, -0.05) is 17.3 Å². The first kappa shape index (κ1) is 17.3. The first-order chi connectivity index (χ1) is 13.1. The SMILES string of the molecule is O=C(c1ccccc1F)N1CCCCC1c1nc(-c2ccc(F)cc2)no1. The monoisotopic (exact) mass is 369 g/mol. The van der Waals surface area contributed by atoms with E-state index in [1.807, 2.05) is 0 Å². The van der Waals surface area contributed by atoms with Crippen LogP contribution in [0, 0.1) is 11.6 Å². The Morgan fingerprint density at radius 3 is 2.63 bits per heavy atom. The molecule has 5 nitrogen and oxygen atoms in total. The molecule has 138 valence electrons. The lowest BCUT2D eigenvalue weighted by molar-refractivity contribution is 0.0556. The van der Waals surface area contributed by atoms with Crippen molar-refractivity contribution in [3.63, 3.8) is 0 Å². The molecule has 7 heteroatoms. The number of rotatable bonds is 3. The lowest BCUT2D eigenvalue weighted by atomic mass is 10.0. The van der Waals surface area contributed by atoms with Gasteiger partial charge in [-0.05, 0) is 55.7 Å². The zero-order valence-corrected chi connectivity index (χ0v) is 14.4. The largest absolute Gasteiger partial charge is 0.337 e. The summed E-state index contributed by atoms with van der Waals surface area (Å²) in [6.07, 6.45) is 2.39. The van der Waals surface area contributed by atoms with E-state index in [-0.39, 0.29) is 17.3 Å². The van der Waals surface area contributed by atoms with Crippen molar-refractivity contribution < 1.29 is 18.1 Å². The van der Waals surface area contributed by atoms with Crippen molar-refractivity contribution >= 4 is 5.91 Å². The quantitative estimate of drug-likeness (QED) is 0.687. The number of carbonyl (C=O) groups is 1. The number of carbonyl (C=O) groups excluding carboxylic acids is 1. The second kappa shape index (κ2) is 7.26. The molecule has 1 saturated heterocycles. The molecule has 4 rings (SSSR count). The van der Waals surface area contributed by atoms with Crippen LogP contribution >= 0.6 is 0 Å². The number of benzene rings is 2. The van der Waals surface area contributed by atoms with Crippen LogP contribution in [0.5, 0.6) is 0 Å². The van der Waals surface area contributed by atoms with E-state index in [0.717, 1.165) is 12.8 Å². The number of amides is 1. The summed E-state index contributed by atoms with van der Waals surface area (Å²) in [7, 11) is 0. The molecule has 1 aromatic heterocycles. The van der Waals surface area contributed by atoms with E-state index in [1.54, 1.807) is 29.2 Å². The van der Waals surface area contributed by atoms with E-state index in [9.17, 15) is 13.6 Å². The summed E-state index contributed by atoms with van der Waals surface area (Å²) in [4.78, 5) is 18.9. The van der Waals surface area contributed by atoms with Gasteiger partial charge in [0.15, 0.2) is 0 Å². The Labute approximate surface area is 154 Å². The van der Waals surface area contributed by atoms with E-state index in [0.29, 0.717) is 30.2 Å². The highest BCUT2D eigenvalue weighted by atomic mass is 19.1. The van der Waals surface area contributed by atoms with E-state index >= 15 is 0 Å². The van der Waals surface area contributed by atoms with E-state index in [1.165, 1.54) is 24.3 Å². The molecular weight excluding hydrogens is 352 g/mol. The molecule has 1 amide bonds. The molecule has 0 bridgehead atoms. The van der Waals surface area contributed by atoms with Crippen LogP contribution in [-0.4, -0.2) is 27.5 Å². The second-order valence-electron chi connectivity index (χ2n) is 6.45. The van der Waals surface area contributed by atoms with Crippen LogP contribution in [0.1, 0.15) is 41.6 Å². The molecule has 0 N–H and O–H groups in total. The van der Waals surface area contributed by atoms with Gasteiger partial charge in [-0.3, -0.25) is 4.79 Å². The molecule has 2 heterocycles. The molecule has 1 unspecified atom stereocenters. The molecule has 0 aliphatic carbocycles. The minimum absolute atomic E-state index is 0.0303. The number of hydrogen-bond donors (Lipinski definition) is 0. The minimum atomic E-state index is -0.552. The number of nitrogens with zero attached hydrogens (tertiary/aromatic N) is 3. The first-order valence-corrected chi connectivity index (χ1v) is 8.78. The third kappa shape index (κ3) is 3.45. The van der Waals surface area contributed by atoms with E-state index < -0.39 is 11.9 Å². The van der Waals surface area contributed by atoms with Crippen molar-refractivity contribution in [2.75, 3.05) is 6.54 Å². The topological polar surface area (TPSA) is 59.2 Å². The molecule has 1 aliphatic heterocycles. The minimum Gasteiger partial charge on any atom is -0.337 e. The molecular formula is C20H17F2N3O2. The lowest BCUT2D eigenvalue weighted by Gasteiger charge is -2.33. The molecule has 2 aromatic carbocycles. The van der Waals surface area contributed by atoms with Gasteiger partial charge < -0.3 is 9.42 Å². The zero-order chi connectivity index (χ0) is 18.8. The van der Waals surface area contributed by atoms with Crippen molar-refractivity contribution in [1.29, 1.82) is 0 Å². The van der Waals surface area contributed by atoms with Crippen molar-refractivity contribution in [3.05, 3.63) is 71.6 Å². The van der Waals surface area contributed by atoms with Crippen LogP contribution in [0.15, 0.2) is 53.1 Å². The highest BCUT2D eigenvalue weighted by Crippen LogP contribution is 2.32. The van der Waals surface area contributed by atoms with Crippen LogP contribution in [-0.2, 0) is 0 Å². The standard InChI is InChI=1S/C20H17F2N3O2/c21-14-10-8-13(9-11-14)18-23-19(27-24-18)17-7-3-4-12-25(17)20(26)15-5-1-2-6-16(15)22/h1-2,5-6,8-11,17H,3-4,7,12H2. The number of hydrogen-bond acceptors (Lipinski definition) is 4. The van der Waals surface area contributed by atoms with Crippen LogP contribution in [0.2, 0.25) is 0 Å². The van der Waals surface area contributed by atoms with E-state index in [2.05, 4.69) is 10.1 Å². The van der Waals surface area contributed by atoms with Gasteiger partial charge in [-0.25, -0.2) is 8.78 Å². The fraction of sp³-hybridized carbons (Fsp3) is 0.250. The van der Waals surface area contributed by atoms with Crippen LogP contribution in [0.3, 0.4) is 0 Å². The van der Waals surface area contributed by atoms with Crippen molar-refractivity contribution in [2.45, 2.75) is 25.3 Å². The summed E-state index contributed by atoms with van der Waals surface area (Å²) in [6.45, 7) is 0.492. The van der Waals surface area contributed by atoms with Gasteiger partial charge in [0, 0.05) is 12.1 Å². The second-order valence-corrected chi connectivity index (χ2v) is 6.45. The molecule has 1 aliphatic rings. The molecule has 0 spiro atoms. The van der Waals surface area contributed by atoms with Crippen LogP contribution < -0.4 is 0 Å². The Balaban J connectivity index is 1.62. The summed E-state index contributed by atoms with van der Waals surface area (Å²) in [5.74, 6) is -0.660. The Kier molecular flexibility index (Phi) is 4.66. The highest BCUT2D eigenvalue weighted by Gasteiger charge is 2.33. The predicted octanol–water partition coefficient (Wildman–Crippen LogP) is 4.38. The van der Waals surface area contributed by atoms with Crippen molar-refractivity contribution in [3.8, 4) is 11.4 Å². The molecule has 0 radical (unpaired) electrons. The fourth-order valence-electron chi connectivity index (χ4n) is 3.31. The predicted molar refractivity (Wildman–Crippen MR) is 93.7 cm³/mol. The van der Waals surface area contributed by atoms with Gasteiger partial charge >= 0.3 is 0 Å². The number of likely N-dealkylation sites (tertiary alicyclic amines) is 1. The molecule has 0 saturated carbocycles. The average Bonchev–Trinajstić information content (AvgIpc) is 3.18. The molecule has 27 heavy (non-hydrogen) atoms. The van der Waals surface area contributed by atoms with Crippen LogP contribution in [0.4, 0.5) is 8.78 Å². The van der Waals surface area contributed by atoms with Gasteiger partial charge in [-0.15, -0.1) is 0 Å². The third-order valence-electron chi connectivity index (χ3n) is 4.70. The Morgan fingerprint density at radius 1 is 1.07 bits per heavy atom. The molecule has 1 fully saturated rings. The number of halogens is 2.